The van der Waals surface area contributed by atoms with Crippen LogP contribution in [0.1, 0.15) is 25.5 Å². The number of amides is 2. The predicted octanol–water partition coefficient (Wildman–Crippen LogP) is -0.334. The number of anilines is 1. The number of thiazole rings is 1. The monoisotopic (exact) mass is 433 g/mol. The molecule has 3 heterocycles. The molecule has 0 aliphatic carbocycles. The number of hydrogen-bond donors (Lipinski definition) is 3. The number of oxime groups is 1. The number of nitriles is 1. The lowest BCUT2D eigenvalue weighted by molar-refractivity contribution is -0.143. The van der Waals surface area contributed by atoms with Gasteiger partial charge in [0.25, 0.3) is 11.8 Å². The lowest BCUT2D eigenvalue weighted by Crippen LogP contribution is -2.46. The number of carbonyl (C=O) groups is 3. The Morgan fingerprint density at radius 3 is 2.93 bits per heavy atom. The van der Waals surface area contributed by atoms with E-state index in [0.717, 1.165) is 29.2 Å². The summed E-state index contributed by atoms with van der Waals surface area (Å²) in [6.45, 7) is 2.27. The molecule has 1 fully saturated rings. The van der Waals surface area contributed by atoms with Gasteiger partial charge in [0.2, 0.25) is 0 Å². The minimum atomic E-state index is -1.39. The summed E-state index contributed by atoms with van der Waals surface area (Å²) in [5, 5.41) is 29.0. The van der Waals surface area contributed by atoms with Crippen molar-refractivity contribution < 1.29 is 24.3 Å². The molecular weight excluding hydrogens is 414 g/mol. The first kappa shape index (κ1) is 21.2. The fourth-order valence-corrected chi connectivity index (χ4v) is 3.54. The molecule has 0 saturated carbocycles. The third kappa shape index (κ3) is 4.09. The number of carbonyl (C=O) groups excluding carboxylic acids is 2. The van der Waals surface area contributed by atoms with Crippen molar-refractivity contribution in [2.45, 2.75) is 25.8 Å². The zero-order valence-corrected chi connectivity index (χ0v) is 16.8. The van der Waals surface area contributed by atoms with Crippen LogP contribution in [-0.4, -0.2) is 69.3 Å². The van der Waals surface area contributed by atoms with E-state index in [1.165, 1.54) is 5.01 Å². The van der Waals surface area contributed by atoms with Gasteiger partial charge in [0.15, 0.2) is 16.5 Å². The first-order chi connectivity index (χ1) is 14.4. The van der Waals surface area contributed by atoms with Crippen molar-refractivity contribution in [3.63, 3.8) is 0 Å². The number of carboxylic acids is 1. The number of aromatic nitrogens is 1. The van der Waals surface area contributed by atoms with Crippen LogP contribution in [0.2, 0.25) is 0 Å². The van der Waals surface area contributed by atoms with E-state index in [-0.39, 0.29) is 35.2 Å². The Morgan fingerprint density at radius 1 is 1.57 bits per heavy atom. The maximum atomic E-state index is 12.8. The Kier molecular flexibility index (Phi) is 6.28. The number of nitrogens with two attached hydrogens (primary N) is 1. The third-order valence-corrected chi connectivity index (χ3v) is 5.06. The van der Waals surface area contributed by atoms with Crippen molar-refractivity contribution in [3.8, 4) is 6.07 Å². The Morgan fingerprint density at radius 2 is 2.33 bits per heavy atom. The number of nitrogens with one attached hydrogen (secondary N) is 1. The number of rotatable bonds is 8. The average Bonchev–Trinajstić information content (AvgIpc) is 3.37. The molecule has 12 nitrogen and oxygen atoms in total. The van der Waals surface area contributed by atoms with Crippen LogP contribution >= 0.6 is 11.3 Å². The van der Waals surface area contributed by atoms with E-state index >= 15 is 0 Å². The van der Waals surface area contributed by atoms with Gasteiger partial charge in [0, 0.05) is 11.9 Å². The second kappa shape index (κ2) is 8.89. The molecule has 1 atom stereocenters. The third-order valence-electron chi connectivity index (χ3n) is 4.39. The summed E-state index contributed by atoms with van der Waals surface area (Å²) in [7, 11) is 0. The summed E-state index contributed by atoms with van der Waals surface area (Å²) >= 11 is 1.12. The van der Waals surface area contributed by atoms with E-state index in [4.69, 9.17) is 15.8 Å². The molecule has 3 rings (SSSR count). The summed E-state index contributed by atoms with van der Waals surface area (Å²) < 4.78 is 0. The van der Waals surface area contributed by atoms with Gasteiger partial charge < -0.3 is 21.0 Å². The highest BCUT2D eigenvalue weighted by atomic mass is 32.1. The number of unbranched alkanes of at least 4 members (excludes halogenated alkanes) is 1. The topological polar surface area (TPSA) is 174 Å². The van der Waals surface area contributed by atoms with Crippen LogP contribution in [0.3, 0.4) is 0 Å². The largest absolute Gasteiger partial charge is 0.476 e. The SMILES string of the molecule is CCCCO/N=C(\C(=O)N[C@H]1CN2CC(C#N)=C(C(=O)O)N2C1=O)c1csc(N)n1. The van der Waals surface area contributed by atoms with E-state index in [9.17, 15) is 19.5 Å². The van der Waals surface area contributed by atoms with Gasteiger partial charge in [-0.1, -0.05) is 18.5 Å². The lowest BCUT2D eigenvalue weighted by atomic mass is 10.2. The predicted molar refractivity (Wildman–Crippen MR) is 105 cm³/mol. The fraction of sp³-hybridized carbons (Fsp3) is 0.412. The maximum Gasteiger partial charge on any atom is 0.355 e. The Bertz CT molecular complexity index is 979. The van der Waals surface area contributed by atoms with Crippen LogP contribution in [0.5, 0.6) is 0 Å². The Labute approximate surface area is 175 Å². The molecule has 2 amide bonds. The molecule has 4 N–H and O–H groups in total. The van der Waals surface area contributed by atoms with Crippen LogP contribution in [0.15, 0.2) is 21.8 Å². The molecule has 0 unspecified atom stereocenters. The van der Waals surface area contributed by atoms with Gasteiger partial charge in [-0.25, -0.2) is 19.8 Å². The van der Waals surface area contributed by atoms with Crippen molar-refractivity contribution in [1.29, 1.82) is 5.26 Å². The summed E-state index contributed by atoms with van der Waals surface area (Å²) in [4.78, 5) is 46.2. The number of nitrogen functional groups attached to an aromatic ring is 1. The average molecular weight is 433 g/mol. The second-order valence-electron chi connectivity index (χ2n) is 6.46. The van der Waals surface area contributed by atoms with Crippen LogP contribution in [-0.2, 0) is 19.2 Å². The number of hydrazine groups is 1. The van der Waals surface area contributed by atoms with Crippen molar-refractivity contribution >= 4 is 40.0 Å². The van der Waals surface area contributed by atoms with Crippen molar-refractivity contribution in [2.24, 2.45) is 5.16 Å². The van der Waals surface area contributed by atoms with E-state index in [1.54, 1.807) is 11.4 Å². The van der Waals surface area contributed by atoms with Gasteiger partial charge >= 0.3 is 5.97 Å². The molecule has 0 aromatic carbocycles. The van der Waals surface area contributed by atoms with Gasteiger partial charge in [-0.05, 0) is 6.42 Å². The highest BCUT2D eigenvalue weighted by Crippen LogP contribution is 2.29. The normalized spacial score (nSPS) is 19.1. The smallest absolute Gasteiger partial charge is 0.355 e. The number of hydrogen-bond acceptors (Lipinski definition) is 10. The first-order valence-electron chi connectivity index (χ1n) is 9.04. The van der Waals surface area contributed by atoms with Gasteiger partial charge in [0.1, 0.15) is 18.3 Å². The molecule has 1 aromatic rings. The summed E-state index contributed by atoms with van der Waals surface area (Å²) in [5.74, 6) is -2.76. The zero-order chi connectivity index (χ0) is 21.8. The number of aliphatic carboxylic acids is 1. The van der Waals surface area contributed by atoms with Gasteiger partial charge in [0.05, 0.1) is 18.2 Å². The molecule has 0 spiro atoms. The van der Waals surface area contributed by atoms with Crippen molar-refractivity contribution in [1.82, 2.24) is 20.3 Å². The molecule has 0 bridgehead atoms. The molecule has 1 saturated heterocycles. The van der Waals surface area contributed by atoms with Crippen LogP contribution in [0.4, 0.5) is 5.13 Å². The van der Waals surface area contributed by atoms with E-state index in [2.05, 4.69) is 15.5 Å². The summed E-state index contributed by atoms with van der Waals surface area (Å²) in [6.07, 6.45) is 1.63. The molecule has 2 aliphatic heterocycles. The van der Waals surface area contributed by atoms with Gasteiger partial charge in [-0.15, -0.1) is 11.3 Å². The van der Waals surface area contributed by atoms with E-state index in [1.807, 2.05) is 6.92 Å². The minimum Gasteiger partial charge on any atom is -0.476 e. The quantitative estimate of drug-likeness (QED) is 0.281. The fourth-order valence-electron chi connectivity index (χ4n) is 2.99. The Hall–Kier alpha value is -3.50. The van der Waals surface area contributed by atoms with Crippen LogP contribution < -0.4 is 11.1 Å². The van der Waals surface area contributed by atoms with Crippen molar-refractivity contribution in [3.05, 3.63) is 22.3 Å². The van der Waals surface area contributed by atoms with Crippen LogP contribution in [0, 0.1) is 11.3 Å². The highest BCUT2D eigenvalue weighted by molar-refractivity contribution is 7.13. The zero-order valence-electron chi connectivity index (χ0n) is 16.0. The highest BCUT2D eigenvalue weighted by Gasteiger charge is 2.48. The van der Waals surface area contributed by atoms with Gasteiger partial charge in [-0.2, -0.15) is 5.26 Å². The molecular formula is C17H19N7O5S. The summed E-state index contributed by atoms with van der Waals surface area (Å²) in [5.41, 5.74) is 5.28. The molecule has 30 heavy (non-hydrogen) atoms. The van der Waals surface area contributed by atoms with E-state index < -0.39 is 29.5 Å². The van der Waals surface area contributed by atoms with E-state index in [0.29, 0.717) is 6.61 Å². The van der Waals surface area contributed by atoms with Crippen LogP contribution in [0.25, 0.3) is 0 Å². The Balaban J connectivity index is 1.77. The molecule has 158 valence electrons. The van der Waals surface area contributed by atoms with Crippen molar-refractivity contribution in [2.75, 3.05) is 25.4 Å². The minimum absolute atomic E-state index is 0.00963. The first-order valence-corrected chi connectivity index (χ1v) is 9.92. The number of fused-ring (bicyclic) bond motifs is 1. The molecule has 2 aliphatic rings. The standard InChI is InChI=1S/C17H19N7O5S/c1-2-3-4-29-22-12(11-8-30-17(19)21-11)14(25)20-10-7-23-6-9(5-18)13(16(27)28)24(23)15(10)26/h8,10H,2-4,6-7H2,1H3,(H2,19,21)(H,20,25)(H,27,28)/b22-12-/t10-/m0/s1. The number of nitrogens with zero attached hydrogens (tertiary/aromatic N) is 5. The molecule has 1 aromatic heterocycles. The maximum absolute atomic E-state index is 12.8. The van der Waals surface area contributed by atoms with Gasteiger partial charge in [-0.3, -0.25) is 9.59 Å². The molecule has 0 radical (unpaired) electrons. The second-order valence-corrected chi connectivity index (χ2v) is 7.35. The number of carboxylic acid groups (broad SMARTS) is 1. The summed E-state index contributed by atoms with van der Waals surface area (Å²) in [6, 6.07) is 0.773. The lowest BCUT2D eigenvalue weighted by Gasteiger charge is -2.18. The molecule has 13 heteroatoms.